The Morgan fingerprint density at radius 2 is 0.676 bits per heavy atom. The highest BCUT2D eigenvalue weighted by Gasteiger charge is 2.24. The smallest absolute Gasteiger partial charge is 0.0368 e. The first-order chi connectivity index (χ1) is 17.8. The summed E-state index contributed by atoms with van der Waals surface area (Å²) in [7, 11) is 0. The predicted octanol–water partition coefficient (Wildman–Crippen LogP) is 8.33. The Labute approximate surface area is 227 Å². The lowest BCUT2D eigenvalue weighted by Crippen LogP contribution is -2.23. The number of nitrogens with zero attached hydrogens (tertiary/aromatic N) is 3. The first-order valence-electron chi connectivity index (χ1n) is 14.4. The summed E-state index contributed by atoms with van der Waals surface area (Å²) in [6.07, 6.45) is 0. The van der Waals surface area contributed by atoms with Crippen LogP contribution in [0.3, 0.4) is 0 Å². The zero-order valence-corrected chi connectivity index (χ0v) is 24.9. The summed E-state index contributed by atoms with van der Waals surface area (Å²) in [5.74, 6) is 0.197. The lowest BCUT2D eigenvalue weighted by atomic mass is 9.79. The third-order valence-electron chi connectivity index (χ3n) is 8.08. The fourth-order valence-corrected chi connectivity index (χ4v) is 5.81. The van der Waals surface area contributed by atoms with E-state index < -0.39 is 0 Å². The van der Waals surface area contributed by atoms with E-state index in [2.05, 4.69) is 132 Å². The van der Waals surface area contributed by atoms with Crippen molar-refractivity contribution in [2.24, 2.45) is 0 Å². The first kappa shape index (κ1) is 28.6. The quantitative estimate of drug-likeness (QED) is 0.232. The van der Waals surface area contributed by atoms with Gasteiger partial charge in [-0.1, -0.05) is 18.2 Å². The van der Waals surface area contributed by atoms with E-state index in [0.29, 0.717) is 0 Å². The number of aryl methyl sites for hydroxylation is 3. The van der Waals surface area contributed by atoms with E-state index in [1.165, 1.54) is 50.4 Å². The van der Waals surface area contributed by atoms with Gasteiger partial charge in [0.1, 0.15) is 0 Å². The van der Waals surface area contributed by atoms with Crippen LogP contribution in [-0.2, 0) is 0 Å². The van der Waals surface area contributed by atoms with Gasteiger partial charge >= 0.3 is 0 Å². The SMILES string of the molecule is CCN(CC)c1ccc(C(c2ccc(N(CC)CC)cc2C)c2ccc(N(CC)CC)cc2C)c(C)c1. The van der Waals surface area contributed by atoms with Crippen molar-refractivity contribution in [1.29, 1.82) is 0 Å². The molecule has 3 rings (SSSR count). The van der Waals surface area contributed by atoms with Crippen molar-refractivity contribution in [2.75, 3.05) is 54.0 Å². The molecule has 0 N–H and O–H groups in total. The van der Waals surface area contributed by atoms with Crippen molar-refractivity contribution in [3.05, 3.63) is 88.0 Å². The number of benzene rings is 3. The molecular weight excluding hydrogens is 450 g/mol. The number of hydrogen-bond donors (Lipinski definition) is 0. The van der Waals surface area contributed by atoms with Gasteiger partial charge in [0.2, 0.25) is 0 Å². The number of hydrogen-bond acceptors (Lipinski definition) is 3. The van der Waals surface area contributed by atoms with E-state index in [4.69, 9.17) is 0 Å². The normalized spacial score (nSPS) is 11.2. The summed E-state index contributed by atoms with van der Waals surface area (Å²) >= 11 is 0. The molecule has 0 bridgehead atoms. The molecular formula is C34H49N3. The average molecular weight is 500 g/mol. The van der Waals surface area contributed by atoms with Gasteiger partial charge in [0.25, 0.3) is 0 Å². The second-order valence-corrected chi connectivity index (χ2v) is 10.1. The predicted molar refractivity (Wildman–Crippen MR) is 165 cm³/mol. The van der Waals surface area contributed by atoms with Gasteiger partial charge in [-0.15, -0.1) is 0 Å². The molecule has 37 heavy (non-hydrogen) atoms. The molecule has 0 aliphatic rings. The maximum Gasteiger partial charge on any atom is 0.0368 e. The number of anilines is 3. The maximum atomic E-state index is 2.43. The minimum absolute atomic E-state index is 0.197. The molecule has 0 amide bonds. The molecule has 0 aliphatic heterocycles. The molecule has 3 aromatic rings. The van der Waals surface area contributed by atoms with Crippen molar-refractivity contribution < 1.29 is 0 Å². The largest absolute Gasteiger partial charge is 0.372 e. The maximum absolute atomic E-state index is 2.43. The van der Waals surface area contributed by atoms with Gasteiger partial charge in [-0.3, -0.25) is 0 Å². The van der Waals surface area contributed by atoms with Crippen molar-refractivity contribution in [1.82, 2.24) is 0 Å². The third kappa shape index (κ3) is 6.14. The fourth-order valence-electron chi connectivity index (χ4n) is 5.81. The van der Waals surface area contributed by atoms with Crippen LogP contribution in [0.15, 0.2) is 54.6 Å². The Balaban J connectivity index is 2.20. The lowest BCUT2D eigenvalue weighted by Gasteiger charge is -2.29. The van der Waals surface area contributed by atoms with Crippen LogP contribution < -0.4 is 14.7 Å². The first-order valence-corrected chi connectivity index (χ1v) is 14.4. The van der Waals surface area contributed by atoms with E-state index >= 15 is 0 Å². The van der Waals surface area contributed by atoms with E-state index in [1.54, 1.807) is 0 Å². The fraction of sp³-hybridized carbons (Fsp3) is 0.471. The Morgan fingerprint density at radius 3 is 0.865 bits per heavy atom. The highest BCUT2D eigenvalue weighted by atomic mass is 15.1. The summed E-state index contributed by atoms with van der Waals surface area (Å²) < 4.78 is 0. The summed E-state index contributed by atoms with van der Waals surface area (Å²) in [5.41, 5.74) is 12.2. The molecule has 0 spiro atoms. The summed E-state index contributed by atoms with van der Waals surface area (Å²) in [6, 6.07) is 21.2. The van der Waals surface area contributed by atoms with Gasteiger partial charge in [-0.2, -0.15) is 0 Å². The van der Waals surface area contributed by atoms with Crippen molar-refractivity contribution in [3.63, 3.8) is 0 Å². The van der Waals surface area contributed by atoms with Crippen LogP contribution in [0.4, 0.5) is 17.1 Å². The van der Waals surface area contributed by atoms with Gasteiger partial charge in [-0.05, 0) is 132 Å². The zero-order chi connectivity index (χ0) is 27.1. The van der Waals surface area contributed by atoms with Gasteiger partial charge in [0, 0.05) is 62.2 Å². The molecule has 0 fully saturated rings. The average Bonchev–Trinajstić information content (AvgIpc) is 2.89. The Kier molecular flexibility index (Phi) is 10.1. The van der Waals surface area contributed by atoms with E-state index in [0.717, 1.165) is 39.3 Å². The van der Waals surface area contributed by atoms with Crippen LogP contribution in [0.1, 0.15) is 80.8 Å². The molecule has 3 aromatic carbocycles. The highest BCUT2D eigenvalue weighted by Crippen LogP contribution is 2.40. The van der Waals surface area contributed by atoms with Gasteiger partial charge in [0.15, 0.2) is 0 Å². The molecule has 200 valence electrons. The van der Waals surface area contributed by atoms with Crippen LogP contribution in [0, 0.1) is 20.8 Å². The van der Waals surface area contributed by atoms with Crippen molar-refractivity contribution in [3.8, 4) is 0 Å². The molecule has 0 heterocycles. The summed E-state index contributed by atoms with van der Waals surface area (Å²) in [6.45, 7) is 26.4. The molecule has 3 heteroatoms. The molecule has 0 aliphatic carbocycles. The third-order valence-corrected chi connectivity index (χ3v) is 8.08. The van der Waals surface area contributed by atoms with Gasteiger partial charge < -0.3 is 14.7 Å². The van der Waals surface area contributed by atoms with E-state index in [1.807, 2.05) is 0 Å². The van der Waals surface area contributed by atoms with Crippen molar-refractivity contribution >= 4 is 17.1 Å². The number of rotatable bonds is 12. The van der Waals surface area contributed by atoms with Crippen LogP contribution in [-0.4, -0.2) is 39.3 Å². The molecule has 0 unspecified atom stereocenters. The molecule has 0 aromatic heterocycles. The van der Waals surface area contributed by atoms with Crippen LogP contribution in [0.25, 0.3) is 0 Å². The second-order valence-electron chi connectivity index (χ2n) is 10.1. The van der Waals surface area contributed by atoms with Crippen LogP contribution in [0.2, 0.25) is 0 Å². The van der Waals surface area contributed by atoms with E-state index in [9.17, 15) is 0 Å². The molecule has 0 saturated carbocycles. The molecule has 0 atom stereocenters. The van der Waals surface area contributed by atoms with Crippen LogP contribution >= 0.6 is 0 Å². The molecule has 0 saturated heterocycles. The Hall–Kier alpha value is -2.94. The zero-order valence-electron chi connectivity index (χ0n) is 24.9. The monoisotopic (exact) mass is 499 g/mol. The van der Waals surface area contributed by atoms with Gasteiger partial charge in [0.05, 0.1) is 0 Å². The lowest BCUT2D eigenvalue weighted by molar-refractivity contribution is 0.856. The molecule has 3 nitrogen and oxygen atoms in total. The summed E-state index contributed by atoms with van der Waals surface area (Å²) in [4.78, 5) is 7.29. The Morgan fingerprint density at radius 1 is 0.432 bits per heavy atom. The molecule has 0 radical (unpaired) electrons. The topological polar surface area (TPSA) is 9.72 Å². The van der Waals surface area contributed by atoms with Crippen LogP contribution in [0.5, 0.6) is 0 Å². The standard InChI is InChI=1S/C34H49N3/c1-10-35(11-2)28-16-19-31(25(7)22-28)34(32-20-17-29(23-26(32)8)36(12-3)13-4)33-21-18-30(24-27(33)9)37(14-5)15-6/h16-24,34H,10-15H2,1-9H3. The Bertz CT molecular complexity index is 1010. The van der Waals surface area contributed by atoms with Crippen molar-refractivity contribution in [2.45, 2.75) is 68.2 Å². The minimum atomic E-state index is 0.197. The van der Waals surface area contributed by atoms with Gasteiger partial charge in [-0.25, -0.2) is 0 Å². The van der Waals surface area contributed by atoms with E-state index in [-0.39, 0.29) is 5.92 Å². The highest BCUT2D eigenvalue weighted by molar-refractivity contribution is 5.61. The summed E-state index contributed by atoms with van der Waals surface area (Å²) in [5, 5.41) is 0. The minimum Gasteiger partial charge on any atom is -0.372 e. The second kappa shape index (κ2) is 13.0.